The first kappa shape index (κ1) is 23.3. The number of ether oxygens (including phenoxy) is 1. The van der Waals surface area contributed by atoms with E-state index in [1.807, 2.05) is 50.2 Å². The van der Waals surface area contributed by atoms with Crippen LogP contribution in [0, 0.1) is 0 Å². The van der Waals surface area contributed by atoms with E-state index in [1.165, 1.54) is 11.0 Å². The fourth-order valence-corrected chi connectivity index (χ4v) is 4.17. The Hall–Kier alpha value is -2.35. The van der Waals surface area contributed by atoms with Crippen molar-refractivity contribution in [2.45, 2.75) is 13.0 Å². The van der Waals surface area contributed by atoms with Gasteiger partial charge in [-0.1, -0.05) is 39.7 Å². The van der Waals surface area contributed by atoms with Gasteiger partial charge in [0.15, 0.2) is 0 Å². The molecular weight excluding hydrogens is 484 g/mol. The van der Waals surface area contributed by atoms with Crippen LogP contribution in [0.15, 0.2) is 52.5 Å². The molecule has 0 radical (unpaired) electrons. The number of benzene rings is 2. The number of Topliss-reactive ketones (excluding diaryl/α,β-unsaturated/α-hetero) is 1. The van der Waals surface area contributed by atoms with Crippen LogP contribution in [-0.4, -0.2) is 60.4 Å². The van der Waals surface area contributed by atoms with Crippen molar-refractivity contribution in [2.75, 3.05) is 33.8 Å². The molecule has 2 aromatic carbocycles. The largest absolute Gasteiger partial charge is 0.507 e. The van der Waals surface area contributed by atoms with Crippen LogP contribution in [-0.2, 0) is 9.59 Å². The van der Waals surface area contributed by atoms with E-state index in [0.29, 0.717) is 36.0 Å². The average molecular weight is 508 g/mol. The molecule has 1 aliphatic heterocycles. The summed E-state index contributed by atoms with van der Waals surface area (Å²) < 4.78 is 6.25. The van der Waals surface area contributed by atoms with Gasteiger partial charge >= 0.3 is 0 Å². The fourth-order valence-electron chi connectivity index (χ4n) is 3.52. The molecule has 2 aromatic rings. The van der Waals surface area contributed by atoms with Crippen LogP contribution in [0.3, 0.4) is 0 Å². The second-order valence-electron chi connectivity index (χ2n) is 7.43. The monoisotopic (exact) mass is 506 g/mol. The zero-order valence-corrected chi connectivity index (χ0v) is 19.9. The first-order valence-electron chi connectivity index (χ1n) is 9.86. The first-order chi connectivity index (χ1) is 14.7. The molecule has 1 saturated heterocycles. The van der Waals surface area contributed by atoms with Gasteiger partial charge in [0.05, 0.1) is 23.2 Å². The van der Waals surface area contributed by atoms with Crippen molar-refractivity contribution < 1.29 is 19.4 Å². The minimum Gasteiger partial charge on any atom is -0.507 e. The highest BCUT2D eigenvalue weighted by Gasteiger charge is 2.45. The summed E-state index contributed by atoms with van der Waals surface area (Å²) in [4.78, 5) is 29.3. The van der Waals surface area contributed by atoms with Gasteiger partial charge in [-0.05, 0) is 56.9 Å². The molecule has 6 nitrogen and oxygen atoms in total. The van der Waals surface area contributed by atoms with Crippen molar-refractivity contribution >= 4 is 45.0 Å². The van der Waals surface area contributed by atoms with E-state index in [1.54, 1.807) is 12.1 Å². The molecule has 31 heavy (non-hydrogen) atoms. The molecule has 0 spiro atoms. The maximum absolute atomic E-state index is 13.0. The van der Waals surface area contributed by atoms with Gasteiger partial charge in [-0.2, -0.15) is 0 Å². The Morgan fingerprint density at radius 3 is 2.58 bits per heavy atom. The van der Waals surface area contributed by atoms with Gasteiger partial charge < -0.3 is 19.6 Å². The molecule has 164 valence electrons. The maximum Gasteiger partial charge on any atom is 0.295 e. The van der Waals surface area contributed by atoms with E-state index in [4.69, 9.17) is 16.3 Å². The molecule has 1 aliphatic rings. The molecule has 0 unspecified atom stereocenters. The van der Waals surface area contributed by atoms with E-state index in [2.05, 4.69) is 15.9 Å². The number of carbonyl (C=O) groups excluding carboxylic acids is 2. The van der Waals surface area contributed by atoms with Gasteiger partial charge in [0.1, 0.15) is 11.5 Å². The summed E-state index contributed by atoms with van der Waals surface area (Å²) in [7, 11) is 3.79. The number of rotatable bonds is 7. The fraction of sp³-hybridized carbons (Fsp3) is 0.304. The van der Waals surface area contributed by atoms with Crippen molar-refractivity contribution in [3.8, 4) is 5.75 Å². The number of ketones is 1. The molecular formula is C23H24BrClN2O4. The highest BCUT2D eigenvalue weighted by Crippen LogP contribution is 2.40. The smallest absolute Gasteiger partial charge is 0.295 e. The molecule has 0 aliphatic carbocycles. The van der Waals surface area contributed by atoms with Crippen LogP contribution < -0.4 is 4.74 Å². The van der Waals surface area contributed by atoms with Crippen molar-refractivity contribution in [3.05, 3.63) is 68.7 Å². The third kappa shape index (κ3) is 4.95. The Bertz CT molecular complexity index is 1040. The van der Waals surface area contributed by atoms with Crippen molar-refractivity contribution in [1.29, 1.82) is 0 Å². The zero-order valence-electron chi connectivity index (χ0n) is 17.6. The first-order valence-corrected chi connectivity index (χ1v) is 11.0. The van der Waals surface area contributed by atoms with E-state index in [0.717, 1.165) is 10.0 Å². The van der Waals surface area contributed by atoms with Crippen molar-refractivity contribution in [1.82, 2.24) is 9.80 Å². The third-order valence-corrected chi connectivity index (χ3v) is 5.79. The third-order valence-electron chi connectivity index (χ3n) is 5.00. The average Bonchev–Trinajstić information content (AvgIpc) is 2.98. The Labute approximate surface area is 195 Å². The summed E-state index contributed by atoms with van der Waals surface area (Å²) in [5.41, 5.74) is 1.12. The van der Waals surface area contributed by atoms with Crippen LogP contribution in [0.1, 0.15) is 24.1 Å². The van der Waals surface area contributed by atoms with Gasteiger partial charge in [0.2, 0.25) is 0 Å². The summed E-state index contributed by atoms with van der Waals surface area (Å²) in [6.07, 6.45) is 0. The molecule has 1 N–H and O–H groups in total. The SMILES string of the molecule is CCOc1ccc(C(O)=C2C(=O)C(=O)N(CCN(C)C)[C@H]2c2cccc(Br)c2)cc1Cl. The van der Waals surface area contributed by atoms with Gasteiger partial charge in [-0.3, -0.25) is 9.59 Å². The molecule has 3 rings (SSSR count). The number of hydrogen-bond acceptors (Lipinski definition) is 5. The van der Waals surface area contributed by atoms with E-state index in [-0.39, 0.29) is 11.3 Å². The van der Waals surface area contributed by atoms with Crippen LogP contribution in [0.25, 0.3) is 5.76 Å². The van der Waals surface area contributed by atoms with Gasteiger partial charge in [0, 0.05) is 23.1 Å². The Morgan fingerprint density at radius 2 is 1.97 bits per heavy atom. The number of aliphatic hydroxyl groups excluding tert-OH is 1. The standard InChI is InChI=1S/C23H24BrClN2O4/c1-4-31-18-9-8-15(13-17(18)25)21(28)19-20(14-6-5-7-16(24)12-14)27(11-10-26(2)3)23(30)22(19)29/h5-9,12-13,20,28H,4,10-11H2,1-3H3/t20-/m0/s1. The van der Waals surface area contributed by atoms with Crippen LogP contribution >= 0.6 is 27.5 Å². The number of nitrogens with zero attached hydrogens (tertiary/aromatic N) is 2. The number of aliphatic hydroxyl groups is 1. The lowest BCUT2D eigenvalue weighted by Crippen LogP contribution is -2.35. The second-order valence-corrected chi connectivity index (χ2v) is 8.75. The van der Waals surface area contributed by atoms with Crippen molar-refractivity contribution in [2.24, 2.45) is 0 Å². The number of likely N-dealkylation sites (N-methyl/N-ethyl adjacent to an activating group) is 1. The molecule has 1 atom stereocenters. The minimum absolute atomic E-state index is 0.0436. The Morgan fingerprint density at radius 1 is 1.23 bits per heavy atom. The lowest BCUT2D eigenvalue weighted by Gasteiger charge is -2.26. The minimum atomic E-state index is -0.716. The molecule has 8 heteroatoms. The van der Waals surface area contributed by atoms with E-state index in [9.17, 15) is 14.7 Å². The maximum atomic E-state index is 13.0. The van der Waals surface area contributed by atoms with E-state index >= 15 is 0 Å². The molecule has 0 saturated carbocycles. The number of hydrogen-bond donors (Lipinski definition) is 1. The van der Waals surface area contributed by atoms with Crippen molar-refractivity contribution in [3.63, 3.8) is 0 Å². The predicted molar refractivity (Wildman–Crippen MR) is 124 cm³/mol. The summed E-state index contributed by atoms with van der Waals surface area (Å²) in [6.45, 7) is 3.21. The Kier molecular flexibility index (Phi) is 7.41. The lowest BCUT2D eigenvalue weighted by molar-refractivity contribution is -0.140. The topological polar surface area (TPSA) is 70.1 Å². The molecule has 1 amide bonds. The Balaban J connectivity index is 2.13. The summed E-state index contributed by atoms with van der Waals surface area (Å²) >= 11 is 9.73. The van der Waals surface area contributed by atoms with Crippen LogP contribution in [0.4, 0.5) is 0 Å². The molecule has 0 bridgehead atoms. The predicted octanol–water partition coefficient (Wildman–Crippen LogP) is 4.48. The van der Waals surface area contributed by atoms with E-state index < -0.39 is 17.7 Å². The highest BCUT2D eigenvalue weighted by atomic mass is 79.9. The highest BCUT2D eigenvalue weighted by molar-refractivity contribution is 9.10. The van der Waals surface area contributed by atoms with Crippen LogP contribution in [0.2, 0.25) is 5.02 Å². The number of likely N-dealkylation sites (tertiary alicyclic amines) is 1. The summed E-state index contributed by atoms with van der Waals surface area (Å²) in [5, 5.41) is 11.4. The molecule has 0 aromatic heterocycles. The quantitative estimate of drug-likeness (QED) is 0.340. The zero-order chi connectivity index (χ0) is 22.7. The summed E-state index contributed by atoms with van der Waals surface area (Å²) in [5.74, 6) is -1.13. The van der Waals surface area contributed by atoms with Gasteiger partial charge in [-0.15, -0.1) is 0 Å². The number of carbonyl (C=O) groups is 2. The normalized spacial score (nSPS) is 18.1. The molecule has 1 heterocycles. The summed E-state index contributed by atoms with van der Waals surface area (Å²) in [6, 6.07) is 11.5. The van der Waals surface area contributed by atoms with Crippen LogP contribution in [0.5, 0.6) is 5.75 Å². The number of amides is 1. The molecule has 1 fully saturated rings. The second kappa shape index (κ2) is 9.85. The van der Waals surface area contributed by atoms with Gasteiger partial charge in [0.25, 0.3) is 11.7 Å². The number of halogens is 2. The van der Waals surface area contributed by atoms with Gasteiger partial charge in [-0.25, -0.2) is 0 Å². The lowest BCUT2D eigenvalue weighted by atomic mass is 9.95.